The summed E-state index contributed by atoms with van der Waals surface area (Å²) in [6, 6.07) is 17.2. The van der Waals surface area contributed by atoms with Crippen molar-refractivity contribution in [2.45, 2.75) is 250 Å². The molecule has 5 N–H and O–H groups in total. The van der Waals surface area contributed by atoms with Crippen LogP contribution in [0.25, 0.3) is 0 Å². The Balaban J connectivity index is 1.57. The van der Waals surface area contributed by atoms with E-state index in [1.807, 2.05) is 0 Å². The molecule has 0 amide bonds. The molecule has 2 aromatic rings. The number of rotatable bonds is 44. The maximum atomic E-state index is 14.2. The van der Waals surface area contributed by atoms with Crippen molar-refractivity contribution in [1.82, 2.24) is 0 Å². The lowest BCUT2D eigenvalue weighted by Crippen LogP contribution is -2.64. The number of aliphatic hydroxyl groups is 4. The molecule has 418 valence electrons. The minimum absolute atomic E-state index is 0.0600. The SMILES string of the molecule is CCCCCCCCCCCCCCCC(=O)OC[C@H](COP(=O)(O)O[C@@H]1[C@H](O)[C@H](OP(=O)(OCc2ccccc2)OCc2ccccc2)[C@@H](O)[C@H](O)[C@H]1O)OC(=O)CCCCCCCCCCCCCCC. The number of aliphatic hydroxyl groups excluding tert-OH is 4. The number of hydrogen-bond donors (Lipinski definition) is 5. The predicted octanol–water partition coefficient (Wildman–Crippen LogP) is 12.3. The smallest absolute Gasteiger partial charge is 0.462 e. The van der Waals surface area contributed by atoms with Gasteiger partial charge in [0.15, 0.2) is 6.10 Å². The molecule has 0 saturated heterocycles. The molecule has 2 aromatic carbocycles. The molecule has 1 saturated carbocycles. The lowest BCUT2D eigenvalue weighted by Gasteiger charge is -2.43. The van der Waals surface area contributed by atoms with Crippen LogP contribution in [-0.2, 0) is 64.0 Å². The van der Waals surface area contributed by atoms with Crippen LogP contribution in [0, 0.1) is 0 Å². The van der Waals surface area contributed by atoms with Gasteiger partial charge in [0.1, 0.15) is 43.2 Å². The van der Waals surface area contributed by atoms with E-state index in [0.717, 1.165) is 51.4 Å². The predicted molar refractivity (Wildman–Crippen MR) is 281 cm³/mol. The number of phosphoric acid groups is 2. The Hall–Kier alpha value is -2.56. The summed E-state index contributed by atoms with van der Waals surface area (Å²) in [5, 5.41) is 44.2. The third kappa shape index (κ3) is 29.0. The fraction of sp³-hybridized carbons (Fsp3) is 0.745. The van der Waals surface area contributed by atoms with Crippen LogP contribution < -0.4 is 0 Å². The van der Waals surface area contributed by atoms with Gasteiger partial charge in [0, 0.05) is 12.8 Å². The van der Waals surface area contributed by atoms with E-state index in [-0.39, 0.29) is 26.1 Å². The zero-order valence-electron chi connectivity index (χ0n) is 44.1. The summed E-state index contributed by atoms with van der Waals surface area (Å²) in [7, 11) is -10.1. The number of esters is 2. The quantitative estimate of drug-likeness (QED) is 0.0236. The molecule has 8 atom stereocenters. The second-order valence-electron chi connectivity index (χ2n) is 19.6. The van der Waals surface area contributed by atoms with Gasteiger partial charge in [0.2, 0.25) is 0 Å². The van der Waals surface area contributed by atoms with E-state index in [1.54, 1.807) is 60.7 Å². The Morgan fingerprint density at radius 1 is 0.466 bits per heavy atom. The van der Waals surface area contributed by atoms with Crippen LogP contribution in [0.5, 0.6) is 0 Å². The van der Waals surface area contributed by atoms with Crippen LogP contribution in [0.3, 0.4) is 0 Å². The molecular weight excluding hydrogens is 979 g/mol. The molecule has 73 heavy (non-hydrogen) atoms. The summed E-state index contributed by atoms with van der Waals surface area (Å²) in [6.07, 6.45) is 15.6. The van der Waals surface area contributed by atoms with Crippen molar-refractivity contribution in [3.8, 4) is 0 Å². The normalized spacial score (nSPS) is 20.4. The average molecular weight is 1070 g/mol. The van der Waals surface area contributed by atoms with Gasteiger partial charge in [0.05, 0.1) is 19.8 Å². The van der Waals surface area contributed by atoms with Crippen LogP contribution in [0.2, 0.25) is 0 Å². The van der Waals surface area contributed by atoms with Crippen molar-refractivity contribution in [3.63, 3.8) is 0 Å². The minimum Gasteiger partial charge on any atom is -0.462 e. The van der Waals surface area contributed by atoms with Crippen molar-refractivity contribution in [1.29, 1.82) is 0 Å². The molecule has 18 heteroatoms. The van der Waals surface area contributed by atoms with E-state index in [2.05, 4.69) is 13.8 Å². The van der Waals surface area contributed by atoms with Crippen LogP contribution in [0.15, 0.2) is 60.7 Å². The van der Waals surface area contributed by atoms with E-state index in [4.69, 9.17) is 32.1 Å². The molecule has 1 aliphatic carbocycles. The van der Waals surface area contributed by atoms with Gasteiger partial charge >= 0.3 is 27.6 Å². The highest BCUT2D eigenvalue weighted by atomic mass is 31.2. The molecular formula is C55H92O16P2. The minimum atomic E-state index is -5.34. The number of carbonyl (C=O) groups is 2. The van der Waals surface area contributed by atoms with Crippen molar-refractivity contribution >= 4 is 27.6 Å². The van der Waals surface area contributed by atoms with E-state index >= 15 is 0 Å². The molecule has 3 rings (SSSR count). The Bertz CT molecular complexity index is 1760. The van der Waals surface area contributed by atoms with Crippen LogP contribution in [0.1, 0.15) is 205 Å². The number of ether oxygens (including phenoxy) is 2. The lowest BCUT2D eigenvalue weighted by atomic mass is 9.85. The topological polar surface area (TPSA) is 234 Å². The molecule has 0 spiro atoms. The monoisotopic (exact) mass is 1070 g/mol. The molecule has 0 heterocycles. The third-order valence-corrected chi connectivity index (χ3v) is 15.5. The molecule has 16 nitrogen and oxygen atoms in total. The maximum Gasteiger partial charge on any atom is 0.475 e. The molecule has 0 radical (unpaired) electrons. The number of benzene rings is 2. The number of hydrogen-bond acceptors (Lipinski definition) is 15. The zero-order chi connectivity index (χ0) is 53.0. The molecule has 1 aliphatic rings. The van der Waals surface area contributed by atoms with Gasteiger partial charge in [-0.25, -0.2) is 9.13 Å². The second-order valence-corrected chi connectivity index (χ2v) is 22.6. The van der Waals surface area contributed by atoms with Gasteiger partial charge in [-0.05, 0) is 24.0 Å². The number of carbonyl (C=O) groups excluding carboxylic acids is 2. The second kappa shape index (κ2) is 38.9. The molecule has 0 aromatic heterocycles. The van der Waals surface area contributed by atoms with Gasteiger partial charge in [0.25, 0.3) is 0 Å². The maximum absolute atomic E-state index is 14.2. The Morgan fingerprint density at radius 2 is 0.836 bits per heavy atom. The van der Waals surface area contributed by atoms with Crippen LogP contribution in [-0.4, -0.2) is 93.2 Å². The summed E-state index contributed by atoms with van der Waals surface area (Å²) >= 11 is 0. The Labute approximate surface area is 436 Å². The Morgan fingerprint density at radius 3 is 1.25 bits per heavy atom. The van der Waals surface area contributed by atoms with E-state index in [0.29, 0.717) is 24.0 Å². The van der Waals surface area contributed by atoms with Crippen molar-refractivity contribution in [2.75, 3.05) is 13.2 Å². The number of unbranched alkanes of at least 4 members (excludes halogenated alkanes) is 24. The first-order chi connectivity index (χ1) is 35.3. The molecule has 1 fully saturated rings. The van der Waals surface area contributed by atoms with Gasteiger partial charge in [-0.15, -0.1) is 0 Å². The summed E-state index contributed by atoms with van der Waals surface area (Å²) in [5.41, 5.74) is 1.14. The molecule has 0 bridgehead atoms. The summed E-state index contributed by atoms with van der Waals surface area (Å²) in [4.78, 5) is 36.8. The third-order valence-electron chi connectivity index (χ3n) is 13.1. The Kier molecular flexibility index (Phi) is 34.5. The largest absolute Gasteiger partial charge is 0.475 e. The summed E-state index contributed by atoms with van der Waals surface area (Å²) in [6.45, 7) is 2.57. The highest BCUT2D eigenvalue weighted by molar-refractivity contribution is 7.48. The summed E-state index contributed by atoms with van der Waals surface area (Å²) in [5.74, 6) is -1.16. The first-order valence-electron chi connectivity index (χ1n) is 27.7. The van der Waals surface area contributed by atoms with E-state index in [9.17, 15) is 44.0 Å². The van der Waals surface area contributed by atoms with Crippen LogP contribution >= 0.6 is 15.6 Å². The number of phosphoric ester groups is 2. The highest BCUT2D eigenvalue weighted by Crippen LogP contribution is 2.55. The molecule has 1 unspecified atom stereocenters. The van der Waals surface area contributed by atoms with E-state index in [1.165, 1.54) is 103 Å². The first kappa shape index (κ1) is 64.7. The first-order valence-corrected chi connectivity index (χ1v) is 30.6. The van der Waals surface area contributed by atoms with Gasteiger partial charge in [-0.1, -0.05) is 229 Å². The fourth-order valence-corrected chi connectivity index (χ4v) is 11.0. The highest BCUT2D eigenvalue weighted by Gasteiger charge is 2.55. The van der Waals surface area contributed by atoms with Gasteiger partial charge in [-0.3, -0.25) is 32.2 Å². The van der Waals surface area contributed by atoms with Gasteiger partial charge in [-0.2, -0.15) is 0 Å². The standard InChI is InChI=1S/C55H92O16P2/c1-3-5-7-9-11-13-15-17-19-21-23-25-33-39-48(56)65-43-47(69-49(57)40-34-26-24-22-20-18-16-14-12-10-8-6-4-2)44-66-72(62,63)70-54-51(59)50(58)52(60)55(53(54)61)71-73(64,67-41-45-35-29-27-30-36-45)68-42-46-37-31-28-32-38-46/h27-32,35-38,47,50-55,58-61H,3-26,33-34,39-44H2,1-2H3,(H,62,63)/t47-,50-,51-,52+,53+,54+,55-/m1/s1. The molecule has 0 aliphatic heterocycles. The van der Waals surface area contributed by atoms with Crippen molar-refractivity contribution in [3.05, 3.63) is 71.8 Å². The van der Waals surface area contributed by atoms with Crippen LogP contribution in [0.4, 0.5) is 0 Å². The fourth-order valence-electron chi connectivity index (χ4n) is 8.69. The zero-order valence-corrected chi connectivity index (χ0v) is 45.9. The van der Waals surface area contributed by atoms with Crippen molar-refractivity contribution < 1.29 is 76.1 Å². The summed E-state index contributed by atoms with van der Waals surface area (Å²) < 4.78 is 65.9. The van der Waals surface area contributed by atoms with E-state index < -0.39 is 83.5 Å². The average Bonchev–Trinajstić information content (AvgIpc) is 3.39. The van der Waals surface area contributed by atoms with Crippen molar-refractivity contribution in [2.24, 2.45) is 0 Å². The van der Waals surface area contributed by atoms with Gasteiger partial charge < -0.3 is 34.8 Å². The lowest BCUT2D eigenvalue weighted by molar-refractivity contribution is -0.217.